The van der Waals surface area contributed by atoms with Gasteiger partial charge in [-0.2, -0.15) is 0 Å². The highest BCUT2D eigenvalue weighted by molar-refractivity contribution is 5.81. The van der Waals surface area contributed by atoms with Crippen LogP contribution in [0.15, 0.2) is 0 Å². The van der Waals surface area contributed by atoms with Gasteiger partial charge in [-0.15, -0.1) is 0 Å². The molecule has 1 N–H and O–H groups in total. The molecule has 0 saturated carbocycles. The van der Waals surface area contributed by atoms with Gasteiger partial charge in [-0.25, -0.2) is 4.79 Å². The first-order chi connectivity index (χ1) is 10.4. The first-order valence-corrected chi connectivity index (χ1v) is 7.88. The van der Waals surface area contributed by atoms with Gasteiger partial charge in [0.25, 0.3) is 0 Å². The quantitative estimate of drug-likeness (QED) is 0.814. The first-order valence-electron chi connectivity index (χ1n) is 7.88. The summed E-state index contributed by atoms with van der Waals surface area (Å²) in [4.78, 5) is 40.5. The van der Waals surface area contributed by atoms with E-state index in [1.54, 1.807) is 28.8 Å². The Labute approximate surface area is 130 Å². The second-order valence-electron chi connectivity index (χ2n) is 6.40. The van der Waals surface area contributed by atoms with Crippen LogP contribution in [0.25, 0.3) is 0 Å². The summed E-state index contributed by atoms with van der Waals surface area (Å²) < 4.78 is 0. The lowest BCUT2D eigenvalue weighted by molar-refractivity contribution is -0.147. The number of hydrogen-bond acceptors (Lipinski definition) is 3. The zero-order valence-electron chi connectivity index (χ0n) is 13.3. The van der Waals surface area contributed by atoms with Gasteiger partial charge in [0.1, 0.15) is 0 Å². The van der Waals surface area contributed by atoms with Gasteiger partial charge in [0, 0.05) is 46.2 Å². The molecule has 0 bridgehead atoms. The van der Waals surface area contributed by atoms with E-state index in [1.807, 2.05) is 0 Å². The summed E-state index contributed by atoms with van der Waals surface area (Å²) in [7, 11) is 3.44. The van der Waals surface area contributed by atoms with Gasteiger partial charge in [0.15, 0.2) is 0 Å². The molecule has 0 spiro atoms. The van der Waals surface area contributed by atoms with E-state index < -0.39 is 11.9 Å². The fraction of sp³-hybridized carbons (Fsp3) is 0.800. The summed E-state index contributed by atoms with van der Waals surface area (Å²) in [6.45, 7) is 2.15. The molecule has 2 fully saturated rings. The largest absolute Gasteiger partial charge is 0.481 e. The van der Waals surface area contributed by atoms with Crippen LogP contribution < -0.4 is 0 Å². The number of urea groups is 1. The number of carboxylic acid groups (broad SMARTS) is 1. The number of likely N-dealkylation sites (tertiary alicyclic amines) is 2. The molecule has 2 heterocycles. The van der Waals surface area contributed by atoms with E-state index in [1.165, 1.54) is 0 Å². The Balaban J connectivity index is 1.87. The lowest BCUT2D eigenvalue weighted by Crippen LogP contribution is -2.49. The number of nitrogens with zero attached hydrogens (tertiary/aromatic N) is 3. The normalized spacial score (nSPS) is 23.3. The molecule has 7 heteroatoms. The summed E-state index contributed by atoms with van der Waals surface area (Å²) in [5.41, 5.74) is 0. The SMILES string of the molecule is CN(C)C(=O)N1CCC(C(=O)N2CCCC(C(=O)O)C2)CC1. The van der Waals surface area contributed by atoms with Crippen LogP contribution in [-0.4, -0.2) is 78.0 Å². The van der Waals surface area contributed by atoms with Crippen LogP contribution in [0.4, 0.5) is 4.79 Å². The van der Waals surface area contributed by atoms with E-state index in [0.29, 0.717) is 45.4 Å². The van der Waals surface area contributed by atoms with Crippen molar-refractivity contribution in [2.24, 2.45) is 11.8 Å². The zero-order valence-corrected chi connectivity index (χ0v) is 13.3. The molecular weight excluding hydrogens is 286 g/mol. The Hall–Kier alpha value is -1.79. The van der Waals surface area contributed by atoms with Crippen LogP contribution in [0.5, 0.6) is 0 Å². The van der Waals surface area contributed by atoms with Gasteiger partial charge < -0.3 is 19.8 Å². The summed E-state index contributed by atoms with van der Waals surface area (Å²) in [6, 6.07) is -0.0187. The molecule has 22 heavy (non-hydrogen) atoms. The molecule has 1 unspecified atom stereocenters. The summed E-state index contributed by atoms with van der Waals surface area (Å²) in [5, 5.41) is 9.11. The van der Waals surface area contributed by atoms with Crippen molar-refractivity contribution < 1.29 is 19.5 Å². The minimum atomic E-state index is -0.816. The number of aliphatic carboxylic acids is 1. The van der Waals surface area contributed by atoms with Gasteiger partial charge >= 0.3 is 12.0 Å². The minimum Gasteiger partial charge on any atom is -0.481 e. The Morgan fingerprint density at radius 1 is 0.955 bits per heavy atom. The van der Waals surface area contributed by atoms with Crippen LogP contribution in [0.1, 0.15) is 25.7 Å². The smallest absolute Gasteiger partial charge is 0.319 e. The predicted octanol–water partition coefficient (Wildman–Crippen LogP) is 0.703. The molecule has 1 atom stereocenters. The van der Waals surface area contributed by atoms with Gasteiger partial charge in [0.2, 0.25) is 5.91 Å². The standard InChI is InChI=1S/C15H25N3O4/c1-16(2)15(22)17-8-5-11(6-9-17)13(19)18-7-3-4-12(10-18)14(20)21/h11-12H,3-10H2,1-2H3,(H,20,21). The molecule has 2 aliphatic rings. The van der Waals surface area contributed by atoms with Gasteiger partial charge in [-0.05, 0) is 25.7 Å². The zero-order chi connectivity index (χ0) is 16.3. The molecule has 0 aromatic heterocycles. The number of hydrogen-bond donors (Lipinski definition) is 1. The van der Waals surface area contributed by atoms with Crippen molar-refractivity contribution in [3.63, 3.8) is 0 Å². The van der Waals surface area contributed by atoms with E-state index in [4.69, 9.17) is 5.11 Å². The maximum absolute atomic E-state index is 12.6. The van der Waals surface area contributed by atoms with E-state index in [-0.39, 0.29) is 17.9 Å². The molecule has 7 nitrogen and oxygen atoms in total. The van der Waals surface area contributed by atoms with E-state index in [9.17, 15) is 14.4 Å². The third-order valence-corrected chi connectivity index (χ3v) is 4.58. The Morgan fingerprint density at radius 3 is 2.14 bits per heavy atom. The van der Waals surface area contributed by atoms with Gasteiger partial charge in [-0.1, -0.05) is 0 Å². The second kappa shape index (κ2) is 6.98. The average Bonchev–Trinajstić information content (AvgIpc) is 2.53. The Bertz CT molecular complexity index is 444. The van der Waals surface area contributed by atoms with E-state index in [2.05, 4.69) is 0 Å². The Kier molecular flexibility index (Phi) is 5.26. The van der Waals surface area contributed by atoms with Crippen LogP contribution in [0.2, 0.25) is 0 Å². The maximum atomic E-state index is 12.6. The van der Waals surface area contributed by atoms with Gasteiger partial charge in [-0.3, -0.25) is 9.59 Å². The van der Waals surface area contributed by atoms with Crippen molar-refractivity contribution in [2.75, 3.05) is 40.3 Å². The molecular formula is C15H25N3O4. The molecule has 0 aliphatic carbocycles. The lowest BCUT2D eigenvalue weighted by Gasteiger charge is -2.37. The van der Waals surface area contributed by atoms with Crippen LogP contribution in [0, 0.1) is 11.8 Å². The van der Waals surface area contributed by atoms with E-state index >= 15 is 0 Å². The van der Waals surface area contributed by atoms with Crippen molar-refractivity contribution >= 4 is 17.9 Å². The minimum absolute atomic E-state index is 0.0187. The third-order valence-electron chi connectivity index (χ3n) is 4.58. The molecule has 0 aromatic rings. The highest BCUT2D eigenvalue weighted by Gasteiger charge is 2.34. The number of rotatable bonds is 2. The predicted molar refractivity (Wildman–Crippen MR) is 80.3 cm³/mol. The van der Waals surface area contributed by atoms with E-state index in [0.717, 1.165) is 6.42 Å². The maximum Gasteiger partial charge on any atom is 0.319 e. The second-order valence-corrected chi connectivity index (χ2v) is 6.40. The van der Waals surface area contributed by atoms with Crippen molar-refractivity contribution in [3.05, 3.63) is 0 Å². The molecule has 0 radical (unpaired) electrons. The number of amides is 3. The van der Waals surface area contributed by atoms with Crippen molar-refractivity contribution in [2.45, 2.75) is 25.7 Å². The van der Waals surface area contributed by atoms with Crippen molar-refractivity contribution in [1.29, 1.82) is 0 Å². The fourth-order valence-corrected chi connectivity index (χ4v) is 3.24. The van der Waals surface area contributed by atoms with Gasteiger partial charge in [0.05, 0.1) is 5.92 Å². The van der Waals surface area contributed by atoms with Crippen LogP contribution in [0.3, 0.4) is 0 Å². The lowest BCUT2D eigenvalue weighted by atomic mass is 9.92. The average molecular weight is 311 g/mol. The van der Waals surface area contributed by atoms with Crippen LogP contribution >= 0.6 is 0 Å². The van der Waals surface area contributed by atoms with Crippen molar-refractivity contribution in [1.82, 2.24) is 14.7 Å². The molecule has 3 amide bonds. The Morgan fingerprint density at radius 2 is 1.59 bits per heavy atom. The molecule has 0 aromatic carbocycles. The number of carboxylic acids is 1. The molecule has 2 saturated heterocycles. The van der Waals surface area contributed by atoms with Crippen LogP contribution in [-0.2, 0) is 9.59 Å². The van der Waals surface area contributed by atoms with Crippen molar-refractivity contribution in [3.8, 4) is 0 Å². The summed E-state index contributed by atoms with van der Waals surface area (Å²) in [6.07, 6.45) is 2.72. The highest BCUT2D eigenvalue weighted by atomic mass is 16.4. The number of piperidine rings is 2. The topological polar surface area (TPSA) is 81.2 Å². The third kappa shape index (κ3) is 3.69. The summed E-state index contributed by atoms with van der Waals surface area (Å²) in [5.74, 6) is -1.28. The molecule has 2 rings (SSSR count). The molecule has 2 aliphatic heterocycles. The monoisotopic (exact) mass is 311 g/mol. The first kappa shape index (κ1) is 16.6. The highest BCUT2D eigenvalue weighted by Crippen LogP contribution is 2.24. The molecule has 124 valence electrons. The number of carbonyl (C=O) groups excluding carboxylic acids is 2. The number of carbonyl (C=O) groups is 3. The summed E-state index contributed by atoms with van der Waals surface area (Å²) >= 11 is 0. The fourth-order valence-electron chi connectivity index (χ4n) is 3.24.